The van der Waals surface area contributed by atoms with Gasteiger partial charge in [0.05, 0.1) is 12.7 Å². The number of ketones is 1. The number of hydrogen-bond donors (Lipinski definition) is 0. The second kappa shape index (κ2) is 6.50. The number of rotatable bonds is 4. The highest BCUT2D eigenvalue weighted by Gasteiger charge is 2.17. The van der Waals surface area contributed by atoms with Crippen LogP contribution in [0.15, 0.2) is 42.0 Å². The lowest BCUT2D eigenvalue weighted by atomic mass is 9.91. The number of hydrogen-bond acceptors (Lipinski definition) is 2. The molecule has 2 rings (SSSR count). The Morgan fingerprint density at radius 2 is 2.17 bits per heavy atom. The van der Waals surface area contributed by atoms with E-state index in [0.29, 0.717) is 6.61 Å². The molecule has 1 saturated carbocycles. The van der Waals surface area contributed by atoms with Gasteiger partial charge in [-0.05, 0) is 44.2 Å². The fourth-order valence-corrected chi connectivity index (χ4v) is 2.40. The second-order valence-corrected chi connectivity index (χ2v) is 4.93. The summed E-state index contributed by atoms with van der Waals surface area (Å²) in [6.07, 6.45) is 6.22. The van der Waals surface area contributed by atoms with Crippen molar-refractivity contribution in [3.8, 4) is 0 Å². The summed E-state index contributed by atoms with van der Waals surface area (Å²) in [4.78, 5) is 11.1. The Labute approximate surface area is 109 Å². The third-order valence-corrected chi connectivity index (χ3v) is 3.25. The van der Waals surface area contributed by atoms with E-state index in [4.69, 9.17) is 4.74 Å². The summed E-state index contributed by atoms with van der Waals surface area (Å²) < 4.78 is 5.93. The van der Waals surface area contributed by atoms with Crippen LogP contribution in [0, 0.1) is 0 Å². The lowest BCUT2D eigenvalue weighted by molar-refractivity contribution is -0.112. The molecule has 2 heteroatoms. The van der Waals surface area contributed by atoms with Gasteiger partial charge < -0.3 is 4.74 Å². The Hall–Kier alpha value is -1.41. The van der Waals surface area contributed by atoms with Crippen molar-refractivity contribution < 1.29 is 9.53 Å². The monoisotopic (exact) mass is 244 g/mol. The summed E-state index contributed by atoms with van der Waals surface area (Å²) in [5, 5.41) is 0. The van der Waals surface area contributed by atoms with Crippen molar-refractivity contribution in [3.63, 3.8) is 0 Å². The molecule has 0 spiro atoms. The molecule has 2 nitrogen and oxygen atoms in total. The van der Waals surface area contributed by atoms with Crippen molar-refractivity contribution in [3.05, 3.63) is 47.5 Å². The molecule has 0 aromatic heterocycles. The van der Waals surface area contributed by atoms with E-state index in [9.17, 15) is 4.79 Å². The van der Waals surface area contributed by atoms with Gasteiger partial charge in [-0.2, -0.15) is 0 Å². The van der Waals surface area contributed by atoms with Gasteiger partial charge in [-0.25, -0.2) is 0 Å². The van der Waals surface area contributed by atoms with Crippen LogP contribution in [0.25, 0.3) is 0 Å². The smallest absolute Gasteiger partial charge is 0.152 e. The van der Waals surface area contributed by atoms with Crippen molar-refractivity contribution in [2.24, 2.45) is 0 Å². The Bertz CT molecular complexity index is 420. The zero-order valence-corrected chi connectivity index (χ0v) is 10.9. The van der Waals surface area contributed by atoms with Crippen molar-refractivity contribution in [2.45, 2.75) is 45.3 Å². The maximum absolute atomic E-state index is 11.1. The first kappa shape index (κ1) is 13.0. The van der Waals surface area contributed by atoms with Crippen molar-refractivity contribution in [2.75, 3.05) is 0 Å². The van der Waals surface area contributed by atoms with E-state index in [0.717, 1.165) is 25.7 Å². The lowest BCUT2D eigenvalue weighted by Crippen LogP contribution is -2.18. The van der Waals surface area contributed by atoms with E-state index < -0.39 is 0 Å². The first-order valence-corrected chi connectivity index (χ1v) is 6.59. The van der Waals surface area contributed by atoms with E-state index in [1.807, 2.05) is 18.2 Å². The van der Waals surface area contributed by atoms with Crippen LogP contribution in [0.3, 0.4) is 0 Å². The molecule has 0 N–H and O–H groups in total. The maximum atomic E-state index is 11.1. The van der Waals surface area contributed by atoms with Crippen LogP contribution in [0.1, 0.15) is 38.2 Å². The average molecular weight is 244 g/mol. The molecule has 0 saturated heterocycles. The van der Waals surface area contributed by atoms with Crippen molar-refractivity contribution in [1.82, 2.24) is 0 Å². The fourth-order valence-electron chi connectivity index (χ4n) is 2.40. The summed E-state index contributed by atoms with van der Waals surface area (Å²) >= 11 is 0. The summed E-state index contributed by atoms with van der Waals surface area (Å²) in [5.74, 6) is 0.147. The maximum Gasteiger partial charge on any atom is 0.152 e. The Morgan fingerprint density at radius 1 is 1.39 bits per heavy atom. The highest BCUT2D eigenvalue weighted by Crippen LogP contribution is 2.26. The number of benzene rings is 1. The molecule has 0 bridgehead atoms. The molecular weight excluding hydrogens is 224 g/mol. The largest absolute Gasteiger partial charge is 0.373 e. The van der Waals surface area contributed by atoms with Crippen LogP contribution in [0.4, 0.5) is 0 Å². The third kappa shape index (κ3) is 4.11. The fraction of sp³-hybridized carbons (Fsp3) is 0.438. The van der Waals surface area contributed by atoms with Gasteiger partial charge in [0.2, 0.25) is 0 Å². The number of carbonyl (C=O) groups is 1. The van der Waals surface area contributed by atoms with Gasteiger partial charge in [0.15, 0.2) is 5.78 Å². The van der Waals surface area contributed by atoms with Gasteiger partial charge in [-0.1, -0.05) is 35.9 Å². The van der Waals surface area contributed by atoms with Crippen LogP contribution in [0.5, 0.6) is 0 Å². The van der Waals surface area contributed by atoms with E-state index in [2.05, 4.69) is 12.1 Å². The molecule has 18 heavy (non-hydrogen) atoms. The van der Waals surface area contributed by atoms with Crippen LogP contribution in [-0.2, 0) is 16.1 Å². The van der Waals surface area contributed by atoms with E-state index >= 15 is 0 Å². The molecule has 1 unspecified atom stereocenters. The van der Waals surface area contributed by atoms with E-state index in [1.54, 1.807) is 13.0 Å². The molecule has 0 amide bonds. The predicted molar refractivity (Wildman–Crippen MR) is 72.3 cm³/mol. The second-order valence-electron chi connectivity index (χ2n) is 4.93. The van der Waals surface area contributed by atoms with Crippen molar-refractivity contribution >= 4 is 5.78 Å². The van der Waals surface area contributed by atoms with Gasteiger partial charge in [0.25, 0.3) is 0 Å². The quantitative estimate of drug-likeness (QED) is 0.755. The van der Waals surface area contributed by atoms with Crippen LogP contribution in [-0.4, -0.2) is 11.9 Å². The first-order chi connectivity index (χ1) is 8.74. The predicted octanol–water partition coefficient (Wildman–Crippen LogP) is 3.66. The molecule has 1 aliphatic carbocycles. The minimum absolute atomic E-state index is 0.147. The molecule has 1 aromatic rings. The molecule has 0 heterocycles. The SMILES string of the molecule is CC(=O)C=C1CCCC(OCc2ccccc2)C1. The summed E-state index contributed by atoms with van der Waals surface area (Å²) in [7, 11) is 0. The Kier molecular flexibility index (Phi) is 4.71. The minimum Gasteiger partial charge on any atom is -0.373 e. The number of carbonyl (C=O) groups excluding carboxylic acids is 1. The minimum atomic E-state index is 0.147. The van der Waals surface area contributed by atoms with E-state index in [-0.39, 0.29) is 11.9 Å². The Morgan fingerprint density at radius 3 is 2.89 bits per heavy atom. The van der Waals surface area contributed by atoms with Crippen LogP contribution >= 0.6 is 0 Å². The van der Waals surface area contributed by atoms with Crippen LogP contribution < -0.4 is 0 Å². The normalized spacial score (nSPS) is 22.1. The molecule has 1 atom stereocenters. The molecule has 0 radical (unpaired) electrons. The van der Waals surface area contributed by atoms with Gasteiger partial charge in [0, 0.05) is 0 Å². The van der Waals surface area contributed by atoms with Crippen molar-refractivity contribution in [1.29, 1.82) is 0 Å². The summed E-state index contributed by atoms with van der Waals surface area (Å²) in [5.41, 5.74) is 2.45. The summed E-state index contributed by atoms with van der Waals surface area (Å²) in [6, 6.07) is 10.2. The highest BCUT2D eigenvalue weighted by molar-refractivity contribution is 5.87. The molecule has 1 fully saturated rings. The van der Waals surface area contributed by atoms with E-state index in [1.165, 1.54) is 11.1 Å². The standard InChI is InChI=1S/C16H20O2/c1-13(17)10-15-8-5-9-16(11-15)18-12-14-6-3-2-4-7-14/h2-4,6-7,10,16H,5,8-9,11-12H2,1H3. The number of allylic oxidation sites excluding steroid dienone is 1. The van der Waals surface area contributed by atoms with Crippen LogP contribution in [0.2, 0.25) is 0 Å². The lowest BCUT2D eigenvalue weighted by Gasteiger charge is -2.24. The highest BCUT2D eigenvalue weighted by atomic mass is 16.5. The molecule has 0 aliphatic heterocycles. The average Bonchev–Trinajstić information content (AvgIpc) is 2.37. The van der Waals surface area contributed by atoms with Gasteiger partial charge >= 0.3 is 0 Å². The topological polar surface area (TPSA) is 26.3 Å². The third-order valence-electron chi connectivity index (χ3n) is 3.25. The Balaban J connectivity index is 1.85. The zero-order valence-electron chi connectivity index (χ0n) is 10.9. The first-order valence-electron chi connectivity index (χ1n) is 6.59. The van der Waals surface area contributed by atoms with Gasteiger partial charge in [-0.3, -0.25) is 4.79 Å². The summed E-state index contributed by atoms with van der Waals surface area (Å²) in [6.45, 7) is 2.28. The molecule has 96 valence electrons. The molecule has 1 aromatic carbocycles. The number of ether oxygens (including phenoxy) is 1. The van der Waals surface area contributed by atoms with Gasteiger partial charge in [-0.15, -0.1) is 0 Å². The molecule has 1 aliphatic rings. The molecular formula is C16H20O2. The van der Waals surface area contributed by atoms with Gasteiger partial charge in [0.1, 0.15) is 0 Å². The zero-order chi connectivity index (χ0) is 12.8.